The summed E-state index contributed by atoms with van der Waals surface area (Å²) in [5.41, 5.74) is 1.87. The van der Waals surface area contributed by atoms with Crippen LogP contribution in [0.2, 0.25) is 0 Å². The first-order valence-electron chi connectivity index (χ1n) is 8.89. The molecule has 6 nitrogen and oxygen atoms in total. The van der Waals surface area contributed by atoms with E-state index in [2.05, 4.69) is 5.10 Å². The van der Waals surface area contributed by atoms with Crippen molar-refractivity contribution in [3.8, 4) is 11.5 Å². The SMILES string of the molecule is CCOc1cc(/C=N\N(C)c2ccccc2)ccc1O[C@H](C)C(=O)N(C)C. The van der Waals surface area contributed by atoms with E-state index in [-0.39, 0.29) is 5.91 Å². The molecule has 1 amide bonds. The standard InChI is InChI=1S/C21H27N3O3/c1-6-26-20-14-17(15-22-24(5)18-10-8-7-9-11-18)12-13-19(20)27-16(2)21(25)23(3)4/h7-16H,6H2,1-5H3/b22-15-/t16-/m1/s1. The van der Waals surface area contributed by atoms with Crippen LogP contribution in [0.3, 0.4) is 0 Å². The van der Waals surface area contributed by atoms with E-state index < -0.39 is 6.10 Å². The molecule has 2 rings (SSSR count). The van der Waals surface area contributed by atoms with E-state index in [9.17, 15) is 4.79 Å². The zero-order chi connectivity index (χ0) is 19.8. The number of amides is 1. The molecule has 0 aromatic heterocycles. The van der Waals surface area contributed by atoms with Crippen LogP contribution in [0.1, 0.15) is 19.4 Å². The van der Waals surface area contributed by atoms with Crippen LogP contribution >= 0.6 is 0 Å². The van der Waals surface area contributed by atoms with Gasteiger partial charge in [0.1, 0.15) is 0 Å². The molecule has 0 heterocycles. The van der Waals surface area contributed by atoms with Crippen LogP contribution in [0.4, 0.5) is 5.69 Å². The summed E-state index contributed by atoms with van der Waals surface area (Å²) < 4.78 is 11.5. The largest absolute Gasteiger partial charge is 0.490 e. The maximum Gasteiger partial charge on any atom is 0.262 e. The molecule has 0 radical (unpaired) electrons. The van der Waals surface area contributed by atoms with Gasteiger partial charge in [0.15, 0.2) is 17.6 Å². The summed E-state index contributed by atoms with van der Waals surface area (Å²) in [6, 6.07) is 15.4. The molecule has 2 aromatic carbocycles. The van der Waals surface area contributed by atoms with Crippen molar-refractivity contribution in [2.24, 2.45) is 5.10 Å². The third-order valence-corrected chi connectivity index (χ3v) is 3.87. The van der Waals surface area contributed by atoms with Crippen molar-refractivity contribution in [3.05, 3.63) is 54.1 Å². The average Bonchev–Trinajstić information content (AvgIpc) is 2.67. The van der Waals surface area contributed by atoms with Crippen molar-refractivity contribution in [1.29, 1.82) is 0 Å². The van der Waals surface area contributed by atoms with Gasteiger partial charge in [-0.05, 0) is 49.7 Å². The summed E-state index contributed by atoms with van der Waals surface area (Å²) in [4.78, 5) is 13.5. The zero-order valence-electron chi connectivity index (χ0n) is 16.5. The highest BCUT2D eigenvalue weighted by Gasteiger charge is 2.18. The fourth-order valence-electron chi connectivity index (χ4n) is 2.44. The van der Waals surface area contributed by atoms with E-state index in [4.69, 9.17) is 9.47 Å². The lowest BCUT2D eigenvalue weighted by molar-refractivity contribution is -0.135. The van der Waals surface area contributed by atoms with Gasteiger partial charge in [-0.1, -0.05) is 18.2 Å². The Morgan fingerprint density at radius 3 is 2.44 bits per heavy atom. The van der Waals surface area contributed by atoms with Gasteiger partial charge in [-0.3, -0.25) is 9.80 Å². The quantitative estimate of drug-likeness (QED) is 0.529. The Morgan fingerprint density at radius 1 is 1.11 bits per heavy atom. The molecule has 0 fully saturated rings. The molecule has 0 aliphatic rings. The second kappa shape index (κ2) is 9.62. The summed E-state index contributed by atoms with van der Waals surface area (Å²) in [7, 11) is 5.30. The highest BCUT2D eigenvalue weighted by atomic mass is 16.5. The van der Waals surface area contributed by atoms with Crippen LogP contribution in [0, 0.1) is 0 Å². The van der Waals surface area contributed by atoms with Crippen molar-refractivity contribution in [3.63, 3.8) is 0 Å². The maximum absolute atomic E-state index is 12.0. The van der Waals surface area contributed by atoms with Crippen LogP contribution < -0.4 is 14.5 Å². The molecule has 6 heteroatoms. The third-order valence-electron chi connectivity index (χ3n) is 3.87. The lowest BCUT2D eigenvalue weighted by Crippen LogP contribution is -2.35. The number of carbonyl (C=O) groups excluding carboxylic acids is 1. The van der Waals surface area contributed by atoms with Gasteiger partial charge in [0.2, 0.25) is 0 Å². The lowest BCUT2D eigenvalue weighted by Gasteiger charge is -2.20. The minimum Gasteiger partial charge on any atom is -0.490 e. The number of ether oxygens (including phenoxy) is 2. The summed E-state index contributed by atoms with van der Waals surface area (Å²) in [6.45, 7) is 4.13. The van der Waals surface area contributed by atoms with Crippen LogP contribution in [0.15, 0.2) is 53.6 Å². The topological polar surface area (TPSA) is 54.4 Å². The number of hydrazone groups is 1. The molecule has 27 heavy (non-hydrogen) atoms. The average molecular weight is 369 g/mol. The van der Waals surface area contributed by atoms with Crippen molar-refractivity contribution < 1.29 is 14.3 Å². The van der Waals surface area contributed by atoms with Crippen LogP contribution in [-0.4, -0.2) is 50.9 Å². The second-order valence-electron chi connectivity index (χ2n) is 6.24. The van der Waals surface area contributed by atoms with Gasteiger partial charge in [-0.2, -0.15) is 5.10 Å². The molecular weight excluding hydrogens is 342 g/mol. The molecule has 144 valence electrons. The lowest BCUT2D eigenvalue weighted by atomic mass is 10.2. The minimum atomic E-state index is -0.595. The molecule has 1 atom stereocenters. The Hall–Kier alpha value is -3.02. The number of para-hydroxylation sites is 1. The number of rotatable bonds is 8. The molecule has 2 aromatic rings. The Bertz CT molecular complexity index is 775. The van der Waals surface area contributed by atoms with E-state index in [1.165, 1.54) is 4.90 Å². The Labute approximate surface area is 161 Å². The van der Waals surface area contributed by atoms with E-state index in [0.29, 0.717) is 18.1 Å². The normalized spacial score (nSPS) is 11.9. The van der Waals surface area contributed by atoms with Crippen LogP contribution in [-0.2, 0) is 4.79 Å². The van der Waals surface area contributed by atoms with Gasteiger partial charge in [0, 0.05) is 21.1 Å². The Kier molecular flexibility index (Phi) is 7.23. The zero-order valence-corrected chi connectivity index (χ0v) is 16.5. The summed E-state index contributed by atoms with van der Waals surface area (Å²) >= 11 is 0. The molecule has 0 bridgehead atoms. The predicted molar refractivity (Wildman–Crippen MR) is 109 cm³/mol. The molecule has 0 spiro atoms. The van der Waals surface area contributed by atoms with Gasteiger partial charge in [0.25, 0.3) is 5.91 Å². The van der Waals surface area contributed by atoms with Gasteiger partial charge < -0.3 is 14.4 Å². The summed E-state index contributed by atoms with van der Waals surface area (Å²) in [5.74, 6) is 1.02. The van der Waals surface area contributed by atoms with Crippen LogP contribution in [0.25, 0.3) is 0 Å². The van der Waals surface area contributed by atoms with Gasteiger partial charge in [-0.25, -0.2) is 0 Å². The number of hydrogen-bond donors (Lipinski definition) is 0. The molecule has 0 aliphatic carbocycles. The first-order valence-corrected chi connectivity index (χ1v) is 8.89. The van der Waals surface area contributed by atoms with Crippen molar-refractivity contribution in [2.45, 2.75) is 20.0 Å². The highest BCUT2D eigenvalue weighted by Crippen LogP contribution is 2.29. The maximum atomic E-state index is 12.0. The van der Waals surface area contributed by atoms with Gasteiger partial charge >= 0.3 is 0 Å². The van der Waals surface area contributed by atoms with Crippen molar-refractivity contribution in [2.75, 3.05) is 32.8 Å². The number of hydrogen-bond acceptors (Lipinski definition) is 5. The second-order valence-corrected chi connectivity index (χ2v) is 6.24. The van der Waals surface area contributed by atoms with E-state index in [0.717, 1.165) is 11.3 Å². The molecule has 0 unspecified atom stereocenters. The molecule has 0 saturated carbocycles. The number of carbonyl (C=O) groups is 1. The number of likely N-dealkylation sites (N-methyl/N-ethyl adjacent to an activating group) is 1. The Balaban J connectivity index is 2.16. The third kappa shape index (κ3) is 5.74. The molecular formula is C21H27N3O3. The fourth-order valence-corrected chi connectivity index (χ4v) is 2.44. The molecule has 0 saturated heterocycles. The van der Waals surface area contributed by atoms with Gasteiger partial charge in [-0.15, -0.1) is 0 Å². The number of nitrogens with zero attached hydrogens (tertiary/aromatic N) is 3. The van der Waals surface area contributed by atoms with E-state index >= 15 is 0 Å². The van der Waals surface area contributed by atoms with Crippen molar-refractivity contribution >= 4 is 17.8 Å². The van der Waals surface area contributed by atoms with Crippen LogP contribution in [0.5, 0.6) is 11.5 Å². The van der Waals surface area contributed by atoms with E-state index in [1.54, 1.807) is 38.3 Å². The minimum absolute atomic E-state index is 0.104. The first-order chi connectivity index (χ1) is 12.9. The first kappa shape index (κ1) is 20.3. The number of anilines is 1. The Morgan fingerprint density at radius 2 is 1.81 bits per heavy atom. The smallest absolute Gasteiger partial charge is 0.262 e. The monoisotopic (exact) mass is 369 g/mol. The van der Waals surface area contributed by atoms with Crippen molar-refractivity contribution in [1.82, 2.24) is 4.90 Å². The predicted octanol–water partition coefficient (Wildman–Crippen LogP) is 3.41. The highest BCUT2D eigenvalue weighted by molar-refractivity contribution is 5.82. The van der Waals surface area contributed by atoms with E-state index in [1.807, 2.05) is 56.4 Å². The molecule has 0 N–H and O–H groups in total. The molecule has 0 aliphatic heterocycles. The summed E-state index contributed by atoms with van der Waals surface area (Å²) in [5, 5.41) is 6.25. The number of benzene rings is 2. The fraction of sp³-hybridized carbons (Fsp3) is 0.333. The van der Waals surface area contributed by atoms with Gasteiger partial charge in [0.05, 0.1) is 18.5 Å². The summed E-state index contributed by atoms with van der Waals surface area (Å²) in [6.07, 6.45) is 1.16.